The van der Waals surface area contributed by atoms with E-state index in [-0.39, 0.29) is 30.3 Å². The maximum Gasteiger partial charge on any atom is 0.328 e. The highest BCUT2D eigenvalue weighted by molar-refractivity contribution is 7.98. The Morgan fingerprint density at radius 1 is 1.20 bits per heavy atom. The summed E-state index contributed by atoms with van der Waals surface area (Å²) in [6, 6.07) is 12.6. The lowest BCUT2D eigenvalue weighted by atomic mass is 9.95. The number of esters is 1. The molecule has 0 aromatic heterocycles. The van der Waals surface area contributed by atoms with Crippen molar-refractivity contribution in [3.8, 4) is 0 Å². The van der Waals surface area contributed by atoms with Gasteiger partial charge in [0.15, 0.2) is 0 Å². The maximum absolute atomic E-state index is 13.4. The number of nitrogens with one attached hydrogen (secondary N) is 2. The summed E-state index contributed by atoms with van der Waals surface area (Å²) in [5, 5.41) is 8.23. The van der Waals surface area contributed by atoms with Crippen LogP contribution in [0.4, 0.5) is 0 Å². The van der Waals surface area contributed by atoms with Crippen molar-refractivity contribution in [2.24, 2.45) is 5.92 Å². The zero-order valence-corrected chi connectivity index (χ0v) is 25.5. The third-order valence-corrected chi connectivity index (χ3v) is 8.55. The van der Waals surface area contributed by atoms with Crippen LogP contribution in [0, 0.1) is 5.92 Å². The van der Waals surface area contributed by atoms with Gasteiger partial charge in [-0.25, -0.2) is 4.79 Å². The summed E-state index contributed by atoms with van der Waals surface area (Å²) in [6.07, 6.45) is 5.39. The molecular formula is C31H44N4O5S. The number of benzene rings is 2. The average Bonchev–Trinajstić information content (AvgIpc) is 3.53. The predicted octanol–water partition coefficient (Wildman–Crippen LogP) is 3.20. The van der Waals surface area contributed by atoms with E-state index in [1.165, 1.54) is 12.0 Å². The van der Waals surface area contributed by atoms with Crippen LogP contribution in [0.3, 0.4) is 0 Å². The first kappa shape index (κ1) is 32.6. The first-order valence-electron chi connectivity index (χ1n) is 14.4. The molecule has 224 valence electrons. The number of imide groups is 1. The van der Waals surface area contributed by atoms with E-state index in [0.29, 0.717) is 38.1 Å². The van der Waals surface area contributed by atoms with Crippen LogP contribution in [0.2, 0.25) is 0 Å². The highest BCUT2D eigenvalue weighted by atomic mass is 32.2. The lowest BCUT2D eigenvalue weighted by molar-refractivity contribution is -0.146. The summed E-state index contributed by atoms with van der Waals surface area (Å²) in [5.74, 6) is -0.312. The second-order valence-electron chi connectivity index (χ2n) is 10.7. The molecule has 1 heterocycles. The van der Waals surface area contributed by atoms with Gasteiger partial charge in [-0.3, -0.25) is 24.2 Å². The molecule has 0 spiro atoms. The molecule has 9 nitrogen and oxygen atoms in total. The molecule has 10 heteroatoms. The fourth-order valence-electron chi connectivity index (χ4n) is 5.37. The highest BCUT2D eigenvalue weighted by Gasteiger charge is 2.35. The molecule has 3 rings (SSSR count). The van der Waals surface area contributed by atoms with Gasteiger partial charge in [0.25, 0.3) is 0 Å². The third-order valence-electron chi connectivity index (χ3n) is 7.90. The van der Waals surface area contributed by atoms with Crippen molar-refractivity contribution in [2.45, 2.75) is 64.2 Å². The second kappa shape index (κ2) is 16.5. The van der Waals surface area contributed by atoms with Crippen molar-refractivity contribution in [1.82, 2.24) is 20.4 Å². The number of rotatable bonds is 16. The maximum atomic E-state index is 13.4. The van der Waals surface area contributed by atoms with E-state index in [1.54, 1.807) is 11.8 Å². The first-order valence-corrected chi connectivity index (χ1v) is 15.8. The standard InChI is InChI=1S/C31H44N4O5S/c1-5-22(2)28(35(21-36)30(38)26-14-9-16-32-26)19-34(18-24-12-8-11-23-10-6-7-13-25(23)24)20-29(37)33-27(15-17-41-4)31(39)40-3/h6-8,10-13,21-22,26-28,32H,5,9,14-20H2,1-4H3,(H,33,37)/t22-,26-,27-,28+/m0/s1. The highest BCUT2D eigenvalue weighted by Crippen LogP contribution is 2.23. The predicted molar refractivity (Wildman–Crippen MR) is 163 cm³/mol. The monoisotopic (exact) mass is 584 g/mol. The Hall–Kier alpha value is -2.95. The Morgan fingerprint density at radius 3 is 2.61 bits per heavy atom. The molecule has 4 atom stereocenters. The van der Waals surface area contributed by atoms with Crippen LogP contribution in [-0.4, -0.2) is 90.9 Å². The molecule has 1 aliphatic rings. The molecule has 3 amide bonds. The van der Waals surface area contributed by atoms with Crippen LogP contribution in [0.15, 0.2) is 42.5 Å². The molecule has 1 fully saturated rings. The number of methoxy groups -OCH3 is 1. The molecule has 0 radical (unpaired) electrons. The van der Waals surface area contributed by atoms with Gasteiger partial charge in [0.1, 0.15) is 6.04 Å². The number of ether oxygens (including phenoxy) is 1. The summed E-state index contributed by atoms with van der Waals surface area (Å²) in [5.41, 5.74) is 1.03. The van der Waals surface area contributed by atoms with Crippen molar-refractivity contribution >= 4 is 46.7 Å². The molecule has 2 aromatic rings. The van der Waals surface area contributed by atoms with E-state index in [0.717, 1.165) is 35.7 Å². The van der Waals surface area contributed by atoms with E-state index >= 15 is 0 Å². The fraction of sp³-hybridized carbons (Fsp3) is 0.548. The minimum atomic E-state index is -0.744. The second-order valence-corrected chi connectivity index (χ2v) is 11.7. The van der Waals surface area contributed by atoms with Crippen LogP contribution < -0.4 is 10.6 Å². The Bertz CT molecular complexity index is 1170. The Kier molecular flexibility index (Phi) is 13.1. The van der Waals surface area contributed by atoms with Gasteiger partial charge in [0.05, 0.1) is 25.7 Å². The van der Waals surface area contributed by atoms with Crippen LogP contribution in [-0.2, 0) is 30.5 Å². The normalized spacial score (nSPS) is 17.1. The number of hydrogen-bond acceptors (Lipinski definition) is 8. The number of hydrogen-bond donors (Lipinski definition) is 2. The quantitative estimate of drug-likeness (QED) is 0.229. The lowest BCUT2D eigenvalue weighted by Gasteiger charge is -2.36. The van der Waals surface area contributed by atoms with Crippen LogP contribution in [0.5, 0.6) is 0 Å². The summed E-state index contributed by atoms with van der Waals surface area (Å²) in [4.78, 5) is 54.8. The van der Waals surface area contributed by atoms with E-state index < -0.39 is 18.1 Å². The first-order chi connectivity index (χ1) is 19.8. The van der Waals surface area contributed by atoms with E-state index in [9.17, 15) is 19.2 Å². The summed E-state index contributed by atoms with van der Waals surface area (Å²) < 4.78 is 4.93. The largest absolute Gasteiger partial charge is 0.467 e. The minimum Gasteiger partial charge on any atom is -0.467 e. The number of amides is 3. The fourth-order valence-corrected chi connectivity index (χ4v) is 5.85. The van der Waals surface area contributed by atoms with Crippen molar-refractivity contribution in [3.63, 3.8) is 0 Å². The van der Waals surface area contributed by atoms with Gasteiger partial charge in [0, 0.05) is 13.1 Å². The van der Waals surface area contributed by atoms with Crippen LogP contribution >= 0.6 is 11.8 Å². The average molecular weight is 585 g/mol. The van der Waals surface area contributed by atoms with Gasteiger partial charge in [0.2, 0.25) is 18.2 Å². The topological polar surface area (TPSA) is 108 Å². The number of fused-ring (bicyclic) bond motifs is 1. The van der Waals surface area contributed by atoms with Crippen molar-refractivity contribution in [1.29, 1.82) is 0 Å². The SMILES string of the molecule is CC[C@H](C)[C@@H](CN(CC(=O)N[C@@H](CCSC)C(=O)OC)Cc1cccc2ccccc12)N(C=O)C(=O)[C@@H]1CCCN1. The summed E-state index contributed by atoms with van der Waals surface area (Å²) in [6.45, 7) is 5.55. The van der Waals surface area contributed by atoms with Crippen LogP contribution in [0.1, 0.15) is 45.1 Å². The van der Waals surface area contributed by atoms with Gasteiger partial charge >= 0.3 is 5.97 Å². The molecule has 2 N–H and O–H groups in total. The van der Waals surface area contributed by atoms with Gasteiger partial charge in [-0.2, -0.15) is 11.8 Å². The Morgan fingerprint density at radius 2 is 1.95 bits per heavy atom. The molecule has 0 saturated carbocycles. The smallest absolute Gasteiger partial charge is 0.328 e. The van der Waals surface area contributed by atoms with Crippen molar-refractivity contribution in [3.05, 3.63) is 48.0 Å². The Labute approximate surface area is 247 Å². The number of thioether (sulfide) groups is 1. The molecule has 0 unspecified atom stereocenters. The van der Waals surface area contributed by atoms with Gasteiger partial charge < -0.3 is 15.4 Å². The van der Waals surface area contributed by atoms with Crippen molar-refractivity contribution in [2.75, 3.05) is 38.8 Å². The zero-order chi connectivity index (χ0) is 29.8. The van der Waals surface area contributed by atoms with Crippen LogP contribution in [0.25, 0.3) is 10.8 Å². The molecule has 0 bridgehead atoms. The Balaban J connectivity index is 1.91. The van der Waals surface area contributed by atoms with Gasteiger partial charge in [-0.1, -0.05) is 62.7 Å². The van der Waals surface area contributed by atoms with Gasteiger partial charge in [-0.05, 0) is 60.1 Å². The van der Waals surface area contributed by atoms with E-state index in [1.807, 2.05) is 61.4 Å². The lowest BCUT2D eigenvalue weighted by Crippen LogP contribution is -2.55. The molecule has 0 aliphatic carbocycles. The molecule has 2 aromatic carbocycles. The number of nitrogens with zero attached hydrogens (tertiary/aromatic N) is 2. The number of carbonyl (C=O) groups is 4. The van der Waals surface area contributed by atoms with Crippen molar-refractivity contribution < 1.29 is 23.9 Å². The van der Waals surface area contributed by atoms with Gasteiger partial charge in [-0.15, -0.1) is 0 Å². The van der Waals surface area contributed by atoms with E-state index in [2.05, 4.69) is 16.7 Å². The number of carbonyl (C=O) groups excluding carboxylic acids is 4. The third kappa shape index (κ3) is 9.02. The zero-order valence-electron chi connectivity index (χ0n) is 24.6. The molecule has 1 saturated heterocycles. The summed E-state index contributed by atoms with van der Waals surface area (Å²) in [7, 11) is 1.31. The summed E-state index contributed by atoms with van der Waals surface area (Å²) >= 11 is 1.59. The molecule has 1 aliphatic heterocycles. The molecule has 41 heavy (non-hydrogen) atoms. The van der Waals surface area contributed by atoms with E-state index in [4.69, 9.17) is 4.74 Å². The minimum absolute atomic E-state index is 0.00743. The molecular weight excluding hydrogens is 540 g/mol.